The first kappa shape index (κ1) is 14.4. The van der Waals surface area contributed by atoms with Crippen LogP contribution in [0.3, 0.4) is 0 Å². The van der Waals surface area contributed by atoms with E-state index in [0.29, 0.717) is 4.90 Å². The number of ether oxygens (including phenoxy) is 1. The standard InChI is InChI=1S/C13H12F3NO3/c14-13(15,16)7-11(18)17-10(8-20-12(17)19)6-9-4-2-1-3-5-9/h1-5,10H,6-8H2/t10-/m1/s1. The summed E-state index contributed by atoms with van der Waals surface area (Å²) in [5, 5.41) is 0. The van der Waals surface area contributed by atoms with Gasteiger partial charge in [0.2, 0.25) is 5.91 Å². The lowest BCUT2D eigenvalue weighted by molar-refractivity contribution is -0.159. The minimum Gasteiger partial charge on any atom is -0.447 e. The highest BCUT2D eigenvalue weighted by Gasteiger charge is 2.42. The molecule has 20 heavy (non-hydrogen) atoms. The second kappa shape index (κ2) is 5.52. The van der Waals surface area contributed by atoms with Gasteiger partial charge in [0, 0.05) is 0 Å². The second-order valence-corrected chi connectivity index (χ2v) is 4.48. The molecule has 0 radical (unpaired) electrons. The highest BCUT2D eigenvalue weighted by molar-refractivity contribution is 5.93. The van der Waals surface area contributed by atoms with Crippen LogP contribution in [0.5, 0.6) is 0 Å². The van der Waals surface area contributed by atoms with Crippen molar-refractivity contribution in [3.63, 3.8) is 0 Å². The van der Waals surface area contributed by atoms with E-state index >= 15 is 0 Å². The molecule has 0 aromatic heterocycles. The Bertz CT molecular complexity index is 501. The summed E-state index contributed by atoms with van der Waals surface area (Å²) >= 11 is 0. The molecule has 1 aromatic rings. The van der Waals surface area contributed by atoms with Crippen molar-refractivity contribution in [1.82, 2.24) is 4.90 Å². The fourth-order valence-electron chi connectivity index (χ4n) is 2.06. The fraction of sp³-hybridized carbons (Fsp3) is 0.385. The van der Waals surface area contributed by atoms with Crippen LogP contribution in [0.2, 0.25) is 0 Å². The number of carbonyl (C=O) groups is 2. The lowest BCUT2D eigenvalue weighted by Gasteiger charge is -2.20. The van der Waals surface area contributed by atoms with Crippen LogP contribution >= 0.6 is 0 Å². The number of rotatable bonds is 3. The molecule has 0 N–H and O–H groups in total. The lowest BCUT2D eigenvalue weighted by atomic mass is 10.1. The fourth-order valence-corrected chi connectivity index (χ4v) is 2.06. The van der Waals surface area contributed by atoms with Crippen molar-refractivity contribution in [3.05, 3.63) is 35.9 Å². The van der Waals surface area contributed by atoms with Gasteiger partial charge >= 0.3 is 12.3 Å². The van der Waals surface area contributed by atoms with E-state index in [9.17, 15) is 22.8 Å². The predicted molar refractivity (Wildman–Crippen MR) is 62.8 cm³/mol. The number of hydrogen-bond donors (Lipinski definition) is 0. The van der Waals surface area contributed by atoms with Gasteiger partial charge in [-0.15, -0.1) is 0 Å². The maximum absolute atomic E-state index is 12.2. The third-order valence-electron chi connectivity index (χ3n) is 2.90. The number of cyclic esters (lactones) is 1. The highest BCUT2D eigenvalue weighted by atomic mass is 19.4. The summed E-state index contributed by atoms with van der Waals surface area (Å²) in [6, 6.07) is 8.19. The van der Waals surface area contributed by atoms with Gasteiger partial charge < -0.3 is 4.74 Å². The van der Waals surface area contributed by atoms with Crippen LogP contribution in [0.25, 0.3) is 0 Å². The topological polar surface area (TPSA) is 46.6 Å². The zero-order valence-corrected chi connectivity index (χ0v) is 10.4. The molecule has 1 saturated heterocycles. The Hall–Kier alpha value is -2.05. The number of halogens is 3. The van der Waals surface area contributed by atoms with E-state index in [1.165, 1.54) is 0 Å². The molecule has 1 heterocycles. The number of carbonyl (C=O) groups excluding carboxylic acids is 2. The molecule has 1 aliphatic rings. The van der Waals surface area contributed by atoms with Crippen molar-refractivity contribution in [2.24, 2.45) is 0 Å². The highest BCUT2D eigenvalue weighted by Crippen LogP contribution is 2.24. The van der Waals surface area contributed by atoms with Crippen molar-refractivity contribution in [1.29, 1.82) is 0 Å². The third kappa shape index (κ3) is 3.49. The van der Waals surface area contributed by atoms with E-state index < -0.39 is 30.6 Å². The molecule has 1 aromatic carbocycles. The summed E-state index contributed by atoms with van der Waals surface area (Å²) in [7, 11) is 0. The molecule has 0 spiro atoms. The van der Waals surface area contributed by atoms with E-state index in [1.54, 1.807) is 30.3 Å². The van der Waals surface area contributed by atoms with Gasteiger partial charge in [0.15, 0.2) is 0 Å². The number of imide groups is 1. The molecule has 108 valence electrons. The molecule has 0 bridgehead atoms. The van der Waals surface area contributed by atoms with Crippen LogP contribution in [0.1, 0.15) is 12.0 Å². The molecule has 2 amide bonds. The van der Waals surface area contributed by atoms with Gasteiger partial charge in [0.25, 0.3) is 0 Å². The van der Waals surface area contributed by atoms with Crippen LogP contribution in [0.15, 0.2) is 30.3 Å². The molecule has 2 rings (SSSR count). The Balaban J connectivity index is 2.09. The maximum Gasteiger partial charge on any atom is 0.416 e. The van der Waals surface area contributed by atoms with Crippen molar-refractivity contribution < 1.29 is 27.5 Å². The Kier molecular flexibility index (Phi) is 3.96. The average molecular weight is 287 g/mol. The molecule has 7 heteroatoms. The van der Waals surface area contributed by atoms with Crippen molar-refractivity contribution in [2.45, 2.75) is 25.1 Å². The van der Waals surface area contributed by atoms with Crippen LogP contribution < -0.4 is 0 Å². The second-order valence-electron chi connectivity index (χ2n) is 4.48. The molecule has 4 nitrogen and oxygen atoms in total. The summed E-state index contributed by atoms with van der Waals surface area (Å²) in [5.74, 6) is -1.28. The maximum atomic E-state index is 12.2. The predicted octanol–water partition coefficient (Wildman–Crippen LogP) is 2.53. The molecule has 0 unspecified atom stereocenters. The third-order valence-corrected chi connectivity index (χ3v) is 2.90. The summed E-state index contributed by atoms with van der Waals surface area (Å²) in [5.41, 5.74) is 0.820. The molecule has 1 fully saturated rings. The van der Waals surface area contributed by atoms with Crippen molar-refractivity contribution >= 4 is 12.0 Å². The van der Waals surface area contributed by atoms with Crippen LogP contribution in [0.4, 0.5) is 18.0 Å². The SMILES string of the molecule is O=C(CC(F)(F)F)N1C(=O)OC[C@H]1Cc1ccccc1. The van der Waals surface area contributed by atoms with E-state index in [1.807, 2.05) is 0 Å². The van der Waals surface area contributed by atoms with Crippen molar-refractivity contribution in [3.8, 4) is 0 Å². The first-order valence-corrected chi connectivity index (χ1v) is 5.96. The molecule has 1 aliphatic heterocycles. The van der Waals surface area contributed by atoms with Crippen LogP contribution in [0, 0.1) is 0 Å². The Labute approximate surface area is 113 Å². The zero-order valence-electron chi connectivity index (χ0n) is 10.4. The minimum absolute atomic E-state index is 0.0860. The number of amides is 2. The van der Waals surface area contributed by atoms with E-state index in [0.717, 1.165) is 5.56 Å². The Morgan fingerprint density at radius 3 is 2.55 bits per heavy atom. The van der Waals surface area contributed by atoms with Gasteiger partial charge in [-0.05, 0) is 12.0 Å². The number of benzene rings is 1. The number of nitrogens with zero attached hydrogens (tertiary/aromatic N) is 1. The number of hydrogen-bond acceptors (Lipinski definition) is 3. The summed E-state index contributed by atoms with van der Waals surface area (Å²) in [4.78, 5) is 23.6. The Morgan fingerprint density at radius 2 is 1.95 bits per heavy atom. The van der Waals surface area contributed by atoms with E-state index in [2.05, 4.69) is 4.74 Å². The monoisotopic (exact) mass is 287 g/mol. The summed E-state index contributed by atoms with van der Waals surface area (Å²) in [6.07, 6.45) is -7.04. The normalized spacial score (nSPS) is 19.1. The van der Waals surface area contributed by atoms with Gasteiger partial charge in [-0.3, -0.25) is 4.79 Å². The Morgan fingerprint density at radius 1 is 1.30 bits per heavy atom. The average Bonchev–Trinajstić information content (AvgIpc) is 2.69. The van der Waals surface area contributed by atoms with E-state index in [4.69, 9.17) is 0 Å². The minimum atomic E-state index is -4.64. The largest absolute Gasteiger partial charge is 0.447 e. The summed E-state index contributed by atoms with van der Waals surface area (Å²) < 4.78 is 41.4. The van der Waals surface area contributed by atoms with Gasteiger partial charge in [0.1, 0.15) is 13.0 Å². The zero-order chi connectivity index (χ0) is 14.8. The first-order chi connectivity index (χ1) is 9.37. The van der Waals surface area contributed by atoms with Gasteiger partial charge in [0.05, 0.1) is 6.04 Å². The molecule has 0 aliphatic carbocycles. The van der Waals surface area contributed by atoms with E-state index in [-0.39, 0.29) is 13.0 Å². The molecular weight excluding hydrogens is 275 g/mol. The number of alkyl halides is 3. The molecule has 0 saturated carbocycles. The van der Waals surface area contributed by atoms with Gasteiger partial charge in [-0.2, -0.15) is 13.2 Å². The first-order valence-electron chi connectivity index (χ1n) is 5.96. The lowest BCUT2D eigenvalue weighted by Crippen LogP contribution is -2.42. The van der Waals surface area contributed by atoms with Gasteiger partial charge in [-0.1, -0.05) is 30.3 Å². The molecule has 1 atom stereocenters. The summed E-state index contributed by atoms with van der Waals surface area (Å²) in [6.45, 7) is -0.0860. The quantitative estimate of drug-likeness (QED) is 0.858. The van der Waals surface area contributed by atoms with Crippen LogP contribution in [-0.4, -0.2) is 35.7 Å². The van der Waals surface area contributed by atoms with Crippen LogP contribution in [-0.2, 0) is 16.0 Å². The molecular formula is C13H12F3NO3. The van der Waals surface area contributed by atoms with Gasteiger partial charge in [-0.25, -0.2) is 9.69 Å². The van der Waals surface area contributed by atoms with Crippen molar-refractivity contribution in [2.75, 3.05) is 6.61 Å². The smallest absolute Gasteiger partial charge is 0.416 e.